The minimum atomic E-state index is 0.642. The van der Waals surface area contributed by atoms with Crippen molar-refractivity contribution in [1.82, 2.24) is 5.32 Å². The highest BCUT2D eigenvalue weighted by molar-refractivity contribution is 5.36. The maximum Gasteiger partial charge on any atom is 0.0136 e. The van der Waals surface area contributed by atoms with Crippen molar-refractivity contribution in [2.75, 3.05) is 6.54 Å². The summed E-state index contributed by atoms with van der Waals surface area (Å²) in [7, 11) is 0. The summed E-state index contributed by atoms with van der Waals surface area (Å²) in [6.07, 6.45) is 9.49. The van der Waals surface area contributed by atoms with E-state index in [1.807, 2.05) is 6.08 Å². The van der Waals surface area contributed by atoms with Gasteiger partial charge in [0.2, 0.25) is 0 Å². The van der Waals surface area contributed by atoms with Crippen LogP contribution in [-0.2, 0) is 6.42 Å². The number of benzene rings is 1. The third-order valence-corrected chi connectivity index (χ3v) is 4.24. The first-order valence-electron chi connectivity index (χ1n) is 7.79. The number of allylic oxidation sites excluding steroid dienone is 1. The lowest BCUT2D eigenvalue weighted by Crippen LogP contribution is -2.34. The van der Waals surface area contributed by atoms with Crippen LogP contribution in [0.2, 0.25) is 0 Å². The summed E-state index contributed by atoms with van der Waals surface area (Å²) in [5.74, 6) is 0.715. The van der Waals surface area contributed by atoms with E-state index in [1.165, 1.54) is 32.1 Å². The Labute approximate surface area is 118 Å². The largest absolute Gasteiger partial charge is 0.313 e. The zero-order chi connectivity index (χ0) is 13.5. The van der Waals surface area contributed by atoms with Gasteiger partial charge in [-0.1, -0.05) is 37.3 Å². The van der Waals surface area contributed by atoms with Crippen LogP contribution < -0.4 is 5.32 Å². The fraction of sp³-hybridized carbons (Fsp3) is 0.556. The van der Waals surface area contributed by atoms with Gasteiger partial charge in [0.15, 0.2) is 0 Å². The number of aryl methyl sites for hydroxylation is 1. The summed E-state index contributed by atoms with van der Waals surface area (Å²) >= 11 is 0. The number of hydrogen-bond acceptors (Lipinski definition) is 1. The summed E-state index contributed by atoms with van der Waals surface area (Å²) in [5.41, 5.74) is 3.16. The van der Waals surface area contributed by atoms with Crippen LogP contribution in [-0.4, -0.2) is 12.6 Å². The first kappa shape index (κ1) is 14.3. The van der Waals surface area contributed by atoms with E-state index in [0.29, 0.717) is 12.0 Å². The summed E-state index contributed by atoms with van der Waals surface area (Å²) in [6, 6.07) is 9.64. The molecule has 0 saturated heterocycles. The van der Waals surface area contributed by atoms with Crippen molar-refractivity contribution < 1.29 is 0 Å². The Morgan fingerprint density at radius 2 is 2.26 bits per heavy atom. The predicted octanol–water partition coefficient (Wildman–Crippen LogP) is 4.44. The molecule has 1 aromatic carbocycles. The van der Waals surface area contributed by atoms with Crippen LogP contribution in [0.25, 0.3) is 0 Å². The van der Waals surface area contributed by atoms with Crippen molar-refractivity contribution in [2.24, 2.45) is 0 Å². The molecule has 19 heavy (non-hydrogen) atoms. The molecule has 1 heteroatoms. The maximum absolute atomic E-state index is 3.83. The van der Waals surface area contributed by atoms with E-state index in [1.54, 1.807) is 11.1 Å². The lowest BCUT2D eigenvalue weighted by atomic mass is 9.89. The van der Waals surface area contributed by atoms with E-state index < -0.39 is 0 Å². The van der Waals surface area contributed by atoms with Crippen molar-refractivity contribution in [3.63, 3.8) is 0 Å². The molecular weight excluding hydrogens is 230 g/mol. The molecule has 1 aromatic rings. The number of hydrogen-bond donors (Lipinski definition) is 1. The third-order valence-electron chi connectivity index (χ3n) is 4.24. The van der Waals surface area contributed by atoms with Crippen LogP contribution in [0.1, 0.15) is 56.1 Å². The van der Waals surface area contributed by atoms with Gasteiger partial charge in [0.25, 0.3) is 0 Å². The van der Waals surface area contributed by atoms with Gasteiger partial charge < -0.3 is 5.32 Å². The number of fused-ring (bicyclic) bond motifs is 1. The topological polar surface area (TPSA) is 12.0 Å². The Hall–Kier alpha value is -1.08. The summed E-state index contributed by atoms with van der Waals surface area (Å²) in [6.45, 7) is 7.22. The van der Waals surface area contributed by atoms with Gasteiger partial charge in [0.05, 0.1) is 0 Å². The van der Waals surface area contributed by atoms with E-state index >= 15 is 0 Å². The molecule has 0 fully saturated rings. The fourth-order valence-electron chi connectivity index (χ4n) is 3.27. The first-order valence-corrected chi connectivity index (χ1v) is 7.79. The standard InChI is InChI=1S/C18H27N/c1-3-5-6-11-18(19-14-4-2)17-13-12-15-9-7-8-10-16(15)17/h3,7-10,17-19H,1,4-6,11-14H2,2H3. The molecule has 2 unspecified atom stereocenters. The Bertz CT molecular complexity index is 396. The lowest BCUT2D eigenvalue weighted by molar-refractivity contribution is 0.397. The molecule has 1 nitrogen and oxygen atoms in total. The molecule has 0 heterocycles. The van der Waals surface area contributed by atoms with Gasteiger partial charge in [-0.3, -0.25) is 0 Å². The Balaban J connectivity index is 2.03. The first-order chi connectivity index (χ1) is 9.36. The summed E-state index contributed by atoms with van der Waals surface area (Å²) in [5, 5.41) is 3.78. The van der Waals surface area contributed by atoms with E-state index in [4.69, 9.17) is 0 Å². The smallest absolute Gasteiger partial charge is 0.0136 e. The van der Waals surface area contributed by atoms with E-state index in [-0.39, 0.29) is 0 Å². The van der Waals surface area contributed by atoms with Crippen molar-refractivity contribution in [3.8, 4) is 0 Å². The van der Waals surface area contributed by atoms with Crippen molar-refractivity contribution >= 4 is 0 Å². The van der Waals surface area contributed by atoms with Crippen molar-refractivity contribution in [1.29, 1.82) is 0 Å². The van der Waals surface area contributed by atoms with Crippen molar-refractivity contribution in [2.45, 2.75) is 57.4 Å². The third kappa shape index (κ3) is 3.70. The average Bonchev–Trinajstić information content (AvgIpc) is 2.87. The molecule has 1 N–H and O–H groups in total. The van der Waals surface area contributed by atoms with E-state index in [2.05, 4.69) is 43.1 Å². The SMILES string of the molecule is C=CCCCC(NCCC)C1CCc2ccccc21. The van der Waals surface area contributed by atoms with Gasteiger partial charge in [0.1, 0.15) is 0 Å². The highest BCUT2D eigenvalue weighted by atomic mass is 14.9. The number of unbranched alkanes of at least 4 members (excludes halogenated alkanes) is 1. The lowest BCUT2D eigenvalue weighted by Gasteiger charge is -2.26. The molecule has 1 aliphatic carbocycles. The number of rotatable bonds is 8. The van der Waals surface area contributed by atoms with Crippen LogP contribution in [0.15, 0.2) is 36.9 Å². The quantitative estimate of drug-likeness (QED) is 0.536. The summed E-state index contributed by atoms with van der Waals surface area (Å²) < 4.78 is 0. The Morgan fingerprint density at radius 1 is 1.42 bits per heavy atom. The van der Waals surface area contributed by atoms with Crippen LogP contribution in [0, 0.1) is 0 Å². The molecule has 0 aliphatic heterocycles. The summed E-state index contributed by atoms with van der Waals surface area (Å²) in [4.78, 5) is 0. The molecule has 2 atom stereocenters. The van der Waals surface area contributed by atoms with Crippen LogP contribution >= 0.6 is 0 Å². The average molecular weight is 257 g/mol. The molecule has 0 amide bonds. The molecule has 1 aliphatic rings. The fourth-order valence-corrected chi connectivity index (χ4v) is 3.27. The van der Waals surface area contributed by atoms with Gasteiger partial charge in [-0.2, -0.15) is 0 Å². The van der Waals surface area contributed by atoms with E-state index in [0.717, 1.165) is 13.0 Å². The molecule has 0 radical (unpaired) electrons. The van der Waals surface area contributed by atoms with Crippen LogP contribution in [0.3, 0.4) is 0 Å². The van der Waals surface area contributed by atoms with Gasteiger partial charge in [-0.05, 0) is 62.1 Å². The highest BCUT2D eigenvalue weighted by Gasteiger charge is 2.28. The highest BCUT2D eigenvalue weighted by Crippen LogP contribution is 2.36. The second-order valence-electron chi connectivity index (χ2n) is 5.62. The van der Waals surface area contributed by atoms with Gasteiger partial charge in [-0.15, -0.1) is 6.58 Å². The Morgan fingerprint density at radius 3 is 3.05 bits per heavy atom. The zero-order valence-corrected chi connectivity index (χ0v) is 12.2. The van der Waals surface area contributed by atoms with Crippen LogP contribution in [0.4, 0.5) is 0 Å². The van der Waals surface area contributed by atoms with Gasteiger partial charge >= 0.3 is 0 Å². The monoisotopic (exact) mass is 257 g/mol. The minimum absolute atomic E-state index is 0.642. The van der Waals surface area contributed by atoms with Crippen molar-refractivity contribution in [3.05, 3.63) is 48.0 Å². The van der Waals surface area contributed by atoms with E-state index in [9.17, 15) is 0 Å². The second-order valence-corrected chi connectivity index (χ2v) is 5.62. The molecule has 0 aromatic heterocycles. The molecule has 0 bridgehead atoms. The molecule has 2 rings (SSSR count). The molecule has 104 valence electrons. The zero-order valence-electron chi connectivity index (χ0n) is 12.2. The van der Waals surface area contributed by atoms with Gasteiger partial charge in [0, 0.05) is 6.04 Å². The predicted molar refractivity (Wildman–Crippen MR) is 83.6 cm³/mol. The minimum Gasteiger partial charge on any atom is -0.313 e. The van der Waals surface area contributed by atoms with Crippen LogP contribution in [0.5, 0.6) is 0 Å². The maximum atomic E-state index is 3.83. The van der Waals surface area contributed by atoms with Gasteiger partial charge in [-0.25, -0.2) is 0 Å². The Kier molecular flexibility index (Phi) is 5.65. The normalized spacial score (nSPS) is 19.1. The second kappa shape index (κ2) is 7.49. The molecule has 0 spiro atoms. The number of nitrogens with one attached hydrogen (secondary N) is 1. The molecule has 0 saturated carbocycles. The molecular formula is C18H27N.